The Kier molecular flexibility index (Phi) is 4.85. The summed E-state index contributed by atoms with van der Waals surface area (Å²) in [5, 5.41) is 3.58. The van der Waals surface area contributed by atoms with E-state index in [9.17, 15) is 0 Å². The van der Waals surface area contributed by atoms with Crippen LogP contribution in [0.4, 0.5) is 5.69 Å². The molecule has 0 saturated heterocycles. The Morgan fingerprint density at radius 3 is 2.12 bits per heavy atom. The fourth-order valence-electron chi connectivity index (χ4n) is 1.79. The lowest BCUT2D eigenvalue weighted by Crippen LogP contribution is -2.23. The number of nitrogens with one attached hydrogen (secondary N) is 1. The Balaban J connectivity index is 2.82. The van der Waals surface area contributed by atoms with E-state index in [1.54, 1.807) is 0 Å². The molecule has 0 fully saturated rings. The summed E-state index contributed by atoms with van der Waals surface area (Å²) < 4.78 is 1.22. The quantitative estimate of drug-likeness (QED) is 0.828. The number of anilines is 1. The van der Waals surface area contributed by atoms with Crippen LogP contribution in [0, 0.1) is 19.8 Å². The van der Waals surface area contributed by atoms with E-state index in [4.69, 9.17) is 0 Å². The smallest absolute Gasteiger partial charge is 0.0348 e. The molecule has 16 heavy (non-hydrogen) atoms. The first kappa shape index (κ1) is 13.6. The molecule has 0 aromatic heterocycles. The molecule has 1 N–H and O–H groups in total. The molecule has 2 atom stereocenters. The third-order valence-corrected chi connectivity index (χ3v) is 4.58. The molecule has 1 nitrogen and oxygen atoms in total. The van der Waals surface area contributed by atoms with E-state index in [1.807, 2.05) is 0 Å². The zero-order valence-corrected chi connectivity index (χ0v) is 12.5. The molecule has 0 aliphatic heterocycles. The molecular formula is C14H22BrN. The summed E-state index contributed by atoms with van der Waals surface area (Å²) >= 11 is 3.59. The van der Waals surface area contributed by atoms with Crippen molar-refractivity contribution in [3.8, 4) is 0 Å². The van der Waals surface area contributed by atoms with Gasteiger partial charge in [0.05, 0.1) is 0 Å². The summed E-state index contributed by atoms with van der Waals surface area (Å²) in [5.74, 6) is 0.698. The van der Waals surface area contributed by atoms with Crippen LogP contribution in [0.15, 0.2) is 16.6 Å². The van der Waals surface area contributed by atoms with Crippen molar-refractivity contribution >= 4 is 21.6 Å². The average Bonchev–Trinajstić information content (AvgIpc) is 2.24. The average molecular weight is 284 g/mol. The number of hydrogen-bond acceptors (Lipinski definition) is 1. The SMILES string of the molecule is CCC(C)C(C)Nc1cc(C)c(Br)c(C)c1. The molecule has 0 bridgehead atoms. The monoisotopic (exact) mass is 283 g/mol. The number of halogens is 1. The highest BCUT2D eigenvalue weighted by Crippen LogP contribution is 2.26. The number of benzene rings is 1. The first-order valence-electron chi connectivity index (χ1n) is 5.99. The molecule has 0 radical (unpaired) electrons. The molecule has 1 aromatic rings. The number of hydrogen-bond donors (Lipinski definition) is 1. The van der Waals surface area contributed by atoms with Crippen molar-refractivity contribution < 1.29 is 0 Å². The van der Waals surface area contributed by atoms with Gasteiger partial charge in [-0.1, -0.05) is 36.2 Å². The molecule has 0 heterocycles. The van der Waals surface area contributed by atoms with Gasteiger partial charge in [0.2, 0.25) is 0 Å². The van der Waals surface area contributed by atoms with Gasteiger partial charge in [0.1, 0.15) is 0 Å². The van der Waals surface area contributed by atoms with Crippen LogP contribution in [0.1, 0.15) is 38.3 Å². The lowest BCUT2D eigenvalue weighted by atomic mass is 10.0. The normalized spacial score (nSPS) is 14.6. The zero-order chi connectivity index (χ0) is 12.3. The topological polar surface area (TPSA) is 12.0 Å². The minimum absolute atomic E-state index is 0.518. The molecule has 0 saturated carbocycles. The summed E-state index contributed by atoms with van der Waals surface area (Å²) in [6, 6.07) is 4.93. The Morgan fingerprint density at radius 2 is 1.69 bits per heavy atom. The van der Waals surface area contributed by atoms with Crippen molar-refractivity contribution in [2.24, 2.45) is 5.92 Å². The van der Waals surface area contributed by atoms with Crippen LogP contribution in [0.25, 0.3) is 0 Å². The van der Waals surface area contributed by atoms with Gasteiger partial charge in [-0.2, -0.15) is 0 Å². The standard InChI is InChI=1S/C14H22BrN/c1-6-9(2)12(5)16-13-7-10(3)14(15)11(4)8-13/h7-9,12,16H,6H2,1-5H3. The summed E-state index contributed by atoms with van der Waals surface area (Å²) in [5.41, 5.74) is 3.81. The van der Waals surface area contributed by atoms with Gasteiger partial charge in [-0.25, -0.2) is 0 Å². The van der Waals surface area contributed by atoms with Crippen LogP contribution in [-0.4, -0.2) is 6.04 Å². The number of rotatable bonds is 4. The third kappa shape index (κ3) is 3.24. The molecule has 0 aliphatic carbocycles. The van der Waals surface area contributed by atoms with Crippen molar-refractivity contribution in [2.75, 3.05) is 5.32 Å². The molecular weight excluding hydrogens is 262 g/mol. The van der Waals surface area contributed by atoms with Gasteiger partial charge in [0.25, 0.3) is 0 Å². The van der Waals surface area contributed by atoms with Crippen molar-refractivity contribution in [3.05, 3.63) is 27.7 Å². The van der Waals surface area contributed by atoms with Gasteiger partial charge >= 0.3 is 0 Å². The molecule has 0 aliphatic rings. The maximum atomic E-state index is 3.59. The van der Waals surface area contributed by atoms with Crippen LogP contribution in [-0.2, 0) is 0 Å². The predicted molar refractivity (Wildman–Crippen MR) is 76.2 cm³/mol. The van der Waals surface area contributed by atoms with Crippen molar-refractivity contribution in [3.63, 3.8) is 0 Å². The van der Waals surface area contributed by atoms with Crippen LogP contribution >= 0.6 is 15.9 Å². The minimum atomic E-state index is 0.518. The van der Waals surface area contributed by atoms with Gasteiger partial charge in [-0.05, 0) is 49.9 Å². The lowest BCUT2D eigenvalue weighted by molar-refractivity contribution is 0.494. The highest BCUT2D eigenvalue weighted by molar-refractivity contribution is 9.10. The van der Waals surface area contributed by atoms with Crippen LogP contribution < -0.4 is 5.32 Å². The summed E-state index contributed by atoms with van der Waals surface area (Å²) in [6.07, 6.45) is 1.21. The van der Waals surface area contributed by atoms with Gasteiger partial charge in [-0.15, -0.1) is 0 Å². The Labute approximate surface area is 108 Å². The first-order valence-corrected chi connectivity index (χ1v) is 6.78. The molecule has 2 heteroatoms. The van der Waals surface area contributed by atoms with Gasteiger partial charge in [0, 0.05) is 16.2 Å². The first-order chi connectivity index (χ1) is 7.45. The van der Waals surface area contributed by atoms with Crippen molar-refractivity contribution in [1.29, 1.82) is 0 Å². The Morgan fingerprint density at radius 1 is 1.19 bits per heavy atom. The molecule has 1 rings (SSSR count). The van der Waals surface area contributed by atoms with E-state index in [2.05, 4.69) is 68.0 Å². The second kappa shape index (κ2) is 5.72. The van der Waals surface area contributed by atoms with E-state index >= 15 is 0 Å². The van der Waals surface area contributed by atoms with Gasteiger partial charge < -0.3 is 5.32 Å². The molecule has 2 unspecified atom stereocenters. The Bertz CT molecular complexity index is 337. The highest BCUT2D eigenvalue weighted by Gasteiger charge is 2.10. The third-order valence-electron chi connectivity index (χ3n) is 3.33. The van der Waals surface area contributed by atoms with E-state index in [-0.39, 0.29) is 0 Å². The maximum Gasteiger partial charge on any atom is 0.0348 e. The second-order valence-corrected chi connectivity index (χ2v) is 5.54. The summed E-state index contributed by atoms with van der Waals surface area (Å²) in [4.78, 5) is 0. The lowest BCUT2D eigenvalue weighted by Gasteiger charge is -2.22. The van der Waals surface area contributed by atoms with Crippen molar-refractivity contribution in [1.82, 2.24) is 0 Å². The largest absolute Gasteiger partial charge is 0.382 e. The van der Waals surface area contributed by atoms with Crippen LogP contribution in [0.3, 0.4) is 0 Å². The number of aryl methyl sites for hydroxylation is 2. The van der Waals surface area contributed by atoms with Crippen LogP contribution in [0.2, 0.25) is 0 Å². The van der Waals surface area contributed by atoms with Crippen LogP contribution in [0.5, 0.6) is 0 Å². The van der Waals surface area contributed by atoms with Gasteiger partial charge in [-0.3, -0.25) is 0 Å². The van der Waals surface area contributed by atoms with Crippen molar-refractivity contribution in [2.45, 2.75) is 47.1 Å². The van der Waals surface area contributed by atoms with E-state index in [0.29, 0.717) is 12.0 Å². The summed E-state index contributed by atoms with van der Waals surface area (Å²) in [7, 11) is 0. The maximum absolute atomic E-state index is 3.59. The minimum Gasteiger partial charge on any atom is -0.382 e. The zero-order valence-electron chi connectivity index (χ0n) is 10.9. The fourth-order valence-corrected chi connectivity index (χ4v) is 2.02. The Hall–Kier alpha value is -0.500. The van der Waals surface area contributed by atoms with E-state index in [1.165, 1.54) is 27.7 Å². The summed E-state index contributed by atoms with van der Waals surface area (Å²) in [6.45, 7) is 11.0. The fraction of sp³-hybridized carbons (Fsp3) is 0.571. The molecule has 1 aromatic carbocycles. The van der Waals surface area contributed by atoms with E-state index in [0.717, 1.165) is 0 Å². The van der Waals surface area contributed by atoms with Gasteiger partial charge in [0.15, 0.2) is 0 Å². The highest BCUT2D eigenvalue weighted by atomic mass is 79.9. The molecule has 90 valence electrons. The molecule has 0 spiro atoms. The predicted octanol–water partition coefficient (Wildman–Crippen LogP) is 4.91. The second-order valence-electron chi connectivity index (χ2n) is 4.74. The van der Waals surface area contributed by atoms with E-state index < -0.39 is 0 Å². The molecule has 0 amide bonds.